The second-order valence-corrected chi connectivity index (χ2v) is 12.8. The second kappa shape index (κ2) is 27.9. The number of rotatable bonds is 34. The molecule has 5 heteroatoms. The van der Waals surface area contributed by atoms with E-state index < -0.39 is 0 Å². The molecule has 0 spiro atoms. The van der Waals surface area contributed by atoms with E-state index in [1.165, 1.54) is 5.57 Å². The van der Waals surface area contributed by atoms with Gasteiger partial charge in [0.15, 0.2) is 0 Å². The van der Waals surface area contributed by atoms with E-state index in [2.05, 4.69) is 99.6 Å². The van der Waals surface area contributed by atoms with Gasteiger partial charge < -0.3 is 26.6 Å². The first-order chi connectivity index (χ1) is 22.0. The fourth-order valence-corrected chi connectivity index (χ4v) is 4.99. The van der Waals surface area contributed by atoms with Gasteiger partial charge in [-0.1, -0.05) is 70.0 Å². The van der Waals surface area contributed by atoms with Crippen LogP contribution in [0.25, 0.3) is 0 Å². The molecule has 5 N–H and O–H groups in total. The van der Waals surface area contributed by atoms with Crippen LogP contribution in [0.4, 0.5) is 0 Å². The molecule has 0 aromatic heterocycles. The van der Waals surface area contributed by atoms with Crippen molar-refractivity contribution >= 4 is 0 Å². The van der Waals surface area contributed by atoms with Gasteiger partial charge in [-0.15, -0.1) is 26.3 Å². The van der Waals surface area contributed by atoms with Crippen LogP contribution in [0.3, 0.4) is 0 Å². The smallest absolute Gasteiger partial charge is 0.0650 e. The number of unbranched alkanes of at least 4 members (excludes halogenated alkanes) is 3. The average molecular weight is 634 g/mol. The van der Waals surface area contributed by atoms with E-state index in [1.807, 2.05) is 18.2 Å². The molecule has 0 rings (SSSR count). The minimum absolute atomic E-state index is 0.154. The first-order valence-corrected chi connectivity index (χ1v) is 17.7. The predicted molar refractivity (Wildman–Crippen MR) is 207 cm³/mol. The molecule has 0 aromatic carbocycles. The van der Waals surface area contributed by atoms with Crippen molar-refractivity contribution in [2.45, 2.75) is 122 Å². The van der Waals surface area contributed by atoms with Crippen LogP contribution in [0.15, 0.2) is 111 Å². The van der Waals surface area contributed by atoms with Gasteiger partial charge >= 0.3 is 0 Å². The predicted octanol–water partition coefficient (Wildman–Crippen LogP) is 9.86. The highest BCUT2D eigenvalue weighted by Crippen LogP contribution is 2.17. The maximum atomic E-state index is 4.40. The zero-order valence-electron chi connectivity index (χ0n) is 30.1. The van der Waals surface area contributed by atoms with E-state index in [4.69, 9.17) is 0 Å². The molecule has 0 heterocycles. The summed E-state index contributed by atoms with van der Waals surface area (Å²) in [5, 5.41) is 17.7. The Morgan fingerprint density at radius 1 is 0.565 bits per heavy atom. The van der Waals surface area contributed by atoms with Crippen LogP contribution < -0.4 is 26.6 Å². The van der Waals surface area contributed by atoms with E-state index in [9.17, 15) is 0 Å². The van der Waals surface area contributed by atoms with Gasteiger partial charge in [0.05, 0.1) is 6.04 Å². The molecule has 0 amide bonds. The van der Waals surface area contributed by atoms with E-state index in [-0.39, 0.29) is 12.1 Å². The highest BCUT2D eigenvalue weighted by Gasteiger charge is 2.14. The summed E-state index contributed by atoms with van der Waals surface area (Å²) < 4.78 is 0. The average Bonchev–Trinajstić information content (AvgIpc) is 3.03. The summed E-state index contributed by atoms with van der Waals surface area (Å²) in [6, 6.07) is 0.390. The minimum Gasteiger partial charge on any atom is -0.389 e. The molecule has 0 radical (unpaired) electrons. The lowest BCUT2D eigenvalue weighted by molar-refractivity contribution is 0.480. The fourth-order valence-electron chi connectivity index (χ4n) is 4.99. The monoisotopic (exact) mass is 634 g/mol. The fraction of sp³-hybridized carbons (Fsp3) is 0.561. The van der Waals surface area contributed by atoms with Crippen LogP contribution in [-0.2, 0) is 0 Å². The lowest BCUT2D eigenvalue weighted by Gasteiger charge is -2.25. The van der Waals surface area contributed by atoms with E-state index >= 15 is 0 Å². The van der Waals surface area contributed by atoms with E-state index in [0.29, 0.717) is 5.92 Å². The number of hydrogen-bond donors (Lipinski definition) is 5. The Morgan fingerprint density at radius 2 is 1.09 bits per heavy atom. The van der Waals surface area contributed by atoms with Gasteiger partial charge in [-0.05, 0) is 103 Å². The van der Waals surface area contributed by atoms with E-state index in [0.717, 1.165) is 144 Å². The van der Waals surface area contributed by atoms with Crippen molar-refractivity contribution in [2.75, 3.05) is 19.6 Å². The molecule has 0 saturated heterocycles. The standard InChI is InChI=1S/C41H71N5/c1-12-15-24-35(7)42-30-20-17-23-34(6)38(10)46-40(14-3)26-18-21-32-44-39(11)41(45-37(9)29-28-33(4)5)27-19-22-31-43-36(8)25-16-13-2/h12-14,34,40-46H,1-4,7-11,15-32H2,5-6H3. The summed E-state index contributed by atoms with van der Waals surface area (Å²) >= 11 is 0. The van der Waals surface area contributed by atoms with Gasteiger partial charge in [-0.3, -0.25) is 0 Å². The zero-order chi connectivity index (χ0) is 34.6. The van der Waals surface area contributed by atoms with Gasteiger partial charge in [0.2, 0.25) is 0 Å². The minimum atomic E-state index is 0.154. The summed E-state index contributed by atoms with van der Waals surface area (Å²) in [7, 11) is 0. The summed E-state index contributed by atoms with van der Waals surface area (Å²) in [4.78, 5) is 0. The normalized spacial score (nSPS) is 12.5. The SMILES string of the molecule is C=CCCC(=C)NCCCCC(C)C(=C)NC(C=C)CCCCNC(=C)C(CCCCNC(=C)CCC=C)NC(=C)CCC(=C)C. The van der Waals surface area contributed by atoms with Crippen molar-refractivity contribution in [3.8, 4) is 0 Å². The van der Waals surface area contributed by atoms with Gasteiger partial charge in [-0.25, -0.2) is 0 Å². The molecule has 0 aliphatic carbocycles. The highest BCUT2D eigenvalue weighted by atomic mass is 15.0. The number of allylic oxidation sites excluding steroid dienone is 7. The third kappa shape index (κ3) is 24.0. The Kier molecular flexibility index (Phi) is 25.9. The van der Waals surface area contributed by atoms with Crippen molar-refractivity contribution in [1.82, 2.24) is 26.6 Å². The third-order valence-electron chi connectivity index (χ3n) is 8.23. The Morgan fingerprint density at radius 3 is 1.61 bits per heavy atom. The van der Waals surface area contributed by atoms with Crippen LogP contribution in [0.2, 0.25) is 0 Å². The Balaban J connectivity index is 4.50. The van der Waals surface area contributed by atoms with Gasteiger partial charge in [0, 0.05) is 54.2 Å². The molecule has 3 atom stereocenters. The first kappa shape index (κ1) is 42.7. The highest BCUT2D eigenvalue weighted by molar-refractivity contribution is 5.10. The Bertz CT molecular complexity index is 958. The van der Waals surface area contributed by atoms with Crippen LogP contribution in [0, 0.1) is 5.92 Å². The molecule has 0 bridgehead atoms. The Hall–Kier alpha value is -3.34. The number of nitrogens with one attached hydrogen (secondary N) is 5. The van der Waals surface area contributed by atoms with Gasteiger partial charge in [0.1, 0.15) is 0 Å². The quantitative estimate of drug-likeness (QED) is 0.0361. The molecule has 5 nitrogen and oxygen atoms in total. The third-order valence-corrected chi connectivity index (χ3v) is 8.23. The number of hydrogen-bond acceptors (Lipinski definition) is 5. The molecular weight excluding hydrogens is 562 g/mol. The van der Waals surface area contributed by atoms with Crippen molar-refractivity contribution in [3.63, 3.8) is 0 Å². The van der Waals surface area contributed by atoms with Crippen LogP contribution in [-0.4, -0.2) is 31.7 Å². The lowest BCUT2D eigenvalue weighted by atomic mass is 9.99. The van der Waals surface area contributed by atoms with Gasteiger partial charge in [0.25, 0.3) is 0 Å². The molecule has 3 unspecified atom stereocenters. The molecule has 0 aromatic rings. The molecule has 0 fully saturated rings. The molecule has 0 saturated carbocycles. The molecule has 260 valence electrons. The maximum absolute atomic E-state index is 4.40. The van der Waals surface area contributed by atoms with E-state index in [1.54, 1.807) is 0 Å². The van der Waals surface area contributed by atoms with Crippen LogP contribution in [0.1, 0.15) is 110 Å². The van der Waals surface area contributed by atoms with Gasteiger partial charge in [-0.2, -0.15) is 0 Å². The maximum Gasteiger partial charge on any atom is 0.0650 e. The van der Waals surface area contributed by atoms with Crippen molar-refractivity contribution in [2.24, 2.45) is 5.92 Å². The topological polar surface area (TPSA) is 60.1 Å². The molecule has 0 aliphatic heterocycles. The van der Waals surface area contributed by atoms with Crippen LogP contribution >= 0.6 is 0 Å². The first-order valence-electron chi connectivity index (χ1n) is 17.7. The zero-order valence-corrected chi connectivity index (χ0v) is 30.1. The Labute approximate surface area is 285 Å². The summed E-state index contributed by atoms with van der Waals surface area (Å²) in [5.74, 6) is 0.429. The molecule has 0 aliphatic rings. The molecular formula is C41H71N5. The largest absolute Gasteiger partial charge is 0.389 e. The van der Waals surface area contributed by atoms with Crippen molar-refractivity contribution < 1.29 is 0 Å². The summed E-state index contributed by atoms with van der Waals surface area (Å²) in [5.41, 5.74) is 6.56. The summed E-state index contributed by atoms with van der Waals surface area (Å²) in [6.45, 7) is 44.0. The van der Waals surface area contributed by atoms with Crippen LogP contribution in [0.5, 0.6) is 0 Å². The van der Waals surface area contributed by atoms with Crippen molar-refractivity contribution in [1.29, 1.82) is 0 Å². The lowest BCUT2D eigenvalue weighted by Crippen LogP contribution is -2.36. The second-order valence-electron chi connectivity index (χ2n) is 12.8. The van der Waals surface area contributed by atoms with Crippen molar-refractivity contribution in [3.05, 3.63) is 111 Å². The summed E-state index contributed by atoms with van der Waals surface area (Å²) in [6.07, 6.45) is 21.4. The molecule has 46 heavy (non-hydrogen) atoms.